The third-order valence-electron chi connectivity index (χ3n) is 2.53. The molecule has 0 amide bonds. The minimum Gasteiger partial charge on any atom is -0.384 e. The van der Waals surface area contributed by atoms with E-state index in [2.05, 4.69) is 6.92 Å². The van der Waals surface area contributed by atoms with Crippen molar-refractivity contribution in [3.63, 3.8) is 0 Å². The standard InChI is InChI=1S/C8H15ClO2/c1-7-8(5-9,6-10-2)3-4-11-7/h7H,3-6H2,1-2H3. The maximum atomic E-state index is 5.88. The molecule has 66 valence electrons. The van der Waals surface area contributed by atoms with Crippen molar-refractivity contribution in [1.29, 1.82) is 0 Å². The largest absolute Gasteiger partial charge is 0.384 e. The van der Waals surface area contributed by atoms with Crippen LogP contribution in [-0.2, 0) is 9.47 Å². The average molecular weight is 179 g/mol. The third kappa shape index (κ3) is 1.68. The molecule has 11 heavy (non-hydrogen) atoms. The van der Waals surface area contributed by atoms with Gasteiger partial charge in [0.25, 0.3) is 0 Å². The van der Waals surface area contributed by atoms with Crippen molar-refractivity contribution in [2.24, 2.45) is 5.41 Å². The van der Waals surface area contributed by atoms with Crippen LogP contribution < -0.4 is 0 Å². The first-order chi connectivity index (χ1) is 5.25. The Balaban J connectivity index is 2.57. The van der Waals surface area contributed by atoms with E-state index in [0.717, 1.165) is 13.0 Å². The highest BCUT2D eigenvalue weighted by molar-refractivity contribution is 6.18. The SMILES string of the molecule is COCC1(CCl)CCOC1C. The minimum absolute atomic E-state index is 0.0658. The van der Waals surface area contributed by atoms with Crippen molar-refractivity contribution in [2.75, 3.05) is 26.2 Å². The Hall–Kier alpha value is 0.210. The second-order valence-electron chi connectivity index (χ2n) is 3.19. The highest BCUT2D eigenvalue weighted by Crippen LogP contribution is 2.36. The zero-order valence-corrected chi connectivity index (χ0v) is 7.86. The smallest absolute Gasteiger partial charge is 0.0637 e. The van der Waals surface area contributed by atoms with Crippen molar-refractivity contribution in [3.05, 3.63) is 0 Å². The predicted octanol–water partition coefficient (Wildman–Crippen LogP) is 1.67. The van der Waals surface area contributed by atoms with Crippen molar-refractivity contribution < 1.29 is 9.47 Å². The molecule has 0 spiro atoms. The molecule has 2 nitrogen and oxygen atoms in total. The number of halogens is 1. The van der Waals surface area contributed by atoms with Gasteiger partial charge in [0.05, 0.1) is 12.7 Å². The summed E-state index contributed by atoms with van der Waals surface area (Å²) >= 11 is 5.88. The van der Waals surface area contributed by atoms with E-state index in [-0.39, 0.29) is 11.5 Å². The van der Waals surface area contributed by atoms with Gasteiger partial charge >= 0.3 is 0 Å². The quantitative estimate of drug-likeness (QED) is 0.613. The number of alkyl halides is 1. The van der Waals surface area contributed by atoms with E-state index in [0.29, 0.717) is 12.5 Å². The molecule has 1 aliphatic rings. The monoisotopic (exact) mass is 178 g/mol. The molecule has 0 aromatic carbocycles. The molecule has 0 N–H and O–H groups in total. The fourth-order valence-electron chi connectivity index (χ4n) is 1.51. The van der Waals surface area contributed by atoms with E-state index in [1.165, 1.54) is 0 Å². The third-order valence-corrected chi connectivity index (χ3v) is 3.06. The van der Waals surface area contributed by atoms with Gasteiger partial charge in [-0.3, -0.25) is 0 Å². The lowest BCUT2D eigenvalue weighted by atomic mass is 9.85. The zero-order valence-electron chi connectivity index (χ0n) is 7.10. The van der Waals surface area contributed by atoms with Crippen molar-refractivity contribution in [1.82, 2.24) is 0 Å². The molecule has 0 aliphatic carbocycles. The molecule has 0 aromatic heterocycles. The van der Waals surface area contributed by atoms with Gasteiger partial charge in [0.2, 0.25) is 0 Å². The second kappa shape index (κ2) is 3.74. The van der Waals surface area contributed by atoms with Crippen molar-refractivity contribution in [3.8, 4) is 0 Å². The van der Waals surface area contributed by atoms with Crippen LogP contribution in [0.4, 0.5) is 0 Å². The van der Waals surface area contributed by atoms with Gasteiger partial charge in [-0.05, 0) is 13.3 Å². The number of hydrogen-bond donors (Lipinski definition) is 0. The van der Waals surface area contributed by atoms with Crippen molar-refractivity contribution in [2.45, 2.75) is 19.4 Å². The van der Waals surface area contributed by atoms with Crippen LogP contribution in [0.5, 0.6) is 0 Å². The van der Waals surface area contributed by atoms with E-state index in [1.54, 1.807) is 7.11 Å². The van der Waals surface area contributed by atoms with Crippen LogP contribution in [-0.4, -0.2) is 32.3 Å². The minimum atomic E-state index is 0.0658. The van der Waals surface area contributed by atoms with Gasteiger partial charge in [-0.2, -0.15) is 0 Å². The van der Waals surface area contributed by atoms with Crippen LogP contribution in [0.1, 0.15) is 13.3 Å². The summed E-state index contributed by atoms with van der Waals surface area (Å²) in [5, 5.41) is 0. The zero-order chi connectivity index (χ0) is 8.32. The molecule has 3 heteroatoms. The molecule has 0 aromatic rings. The number of hydrogen-bond acceptors (Lipinski definition) is 2. The topological polar surface area (TPSA) is 18.5 Å². The van der Waals surface area contributed by atoms with Gasteiger partial charge < -0.3 is 9.47 Å². The molecular weight excluding hydrogens is 164 g/mol. The molecule has 0 bridgehead atoms. The summed E-state index contributed by atoms with van der Waals surface area (Å²) in [6, 6.07) is 0. The summed E-state index contributed by atoms with van der Waals surface area (Å²) in [5.41, 5.74) is 0.0658. The summed E-state index contributed by atoms with van der Waals surface area (Å²) in [5.74, 6) is 0.627. The van der Waals surface area contributed by atoms with Crippen molar-refractivity contribution >= 4 is 11.6 Å². The number of rotatable bonds is 3. The van der Waals surface area contributed by atoms with E-state index in [9.17, 15) is 0 Å². The first-order valence-corrected chi connectivity index (χ1v) is 4.45. The van der Waals surface area contributed by atoms with Crippen LogP contribution in [0.15, 0.2) is 0 Å². The summed E-state index contributed by atoms with van der Waals surface area (Å²) in [6.45, 7) is 3.59. The van der Waals surface area contributed by atoms with Crippen LogP contribution in [0.25, 0.3) is 0 Å². The summed E-state index contributed by atoms with van der Waals surface area (Å²) < 4.78 is 10.6. The Morgan fingerprint density at radius 3 is 2.82 bits per heavy atom. The first kappa shape index (κ1) is 9.30. The molecule has 2 atom stereocenters. The maximum Gasteiger partial charge on any atom is 0.0637 e. The first-order valence-electron chi connectivity index (χ1n) is 3.92. The Labute approximate surface area is 72.8 Å². The lowest BCUT2D eigenvalue weighted by Crippen LogP contribution is -2.35. The van der Waals surface area contributed by atoms with Gasteiger partial charge in [-0.15, -0.1) is 11.6 Å². The van der Waals surface area contributed by atoms with Gasteiger partial charge in [-0.25, -0.2) is 0 Å². The molecule has 1 heterocycles. The van der Waals surface area contributed by atoms with Gasteiger partial charge in [-0.1, -0.05) is 0 Å². The molecule has 1 aliphatic heterocycles. The van der Waals surface area contributed by atoms with E-state index in [4.69, 9.17) is 21.1 Å². The van der Waals surface area contributed by atoms with E-state index < -0.39 is 0 Å². The Morgan fingerprint density at radius 1 is 1.73 bits per heavy atom. The average Bonchev–Trinajstić information content (AvgIpc) is 2.35. The lowest BCUT2D eigenvalue weighted by Gasteiger charge is -2.28. The van der Waals surface area contributed by atoms with E-state index >= 15 is 0 Å². The highest BCUT2D eigenvalue weighted by Gasteiger charge is 2.40. The molecule has 0 saturated carbocycles. The number of methoxy groups -OCH3 is 1. The van der Waals surface area contributed by atoms with Crippen LogP contribution in [0.3, 0.4) is 0 Å². The van der Waals surface area contributed by atoms with E-state index in [1.807, 2.05) is 0 Å². The lowest BCUT2D eigenvalue weighted by molar-refractivity contribution is 0.0233. The van der Waals surface area contributed by atoms with Crippen LogP contribution in [0, 0.1) is 5.41 Å². The molecule has 1 fully saturated rings. The van der Waals surface area contributed by atoms with Crippen LogP contribution >= 0.6 is 11.6 Å². The molecule has 1 saturated heterocycles. The molecule has 1 rings (SSSR count). The van der Waals surface area contributed by atoms with Gasteiger partial charge in [0.1, 0.15) is 0 Å². The normalized spacial score (nSPS) is 37.9. The fourth-order valence-corrected chi connectivity index (χ4v) is 1.94. The molecule has 2 unspecified atom stereocenters. The molecule has 0 radical (unpaired) electrons. The highest BCUT2D eigenvalue weighted by atomic mass is 35.5. The van der Waals surface area contributed by atoms with Gasteiger partial charge in [0, 0.05) is 25.0 Å². The van der Waals surface area contributed by atoms with Crippen LogP contribution in [0.2, 0.25) is 0 Å². The maximum absolute atomic E-state index is 5.88. The predicted molar refractivity (Wildman–Crippen MR) is 45.1 cm³/mol. The summed E-state index contributed by atoms with van der Waals surface area (Å²) in [7, 11) is 1.71. The summed E-state index contributed by atoms with van der Waals surface area (Å²) in [4.78, 5) is 0. The fraction of sp³-hybridized carbons (Fsp3) is 1.00. The Morgan fingerprint density at radius 2 is 2.45 bits per heavy atom. The Kier molecular flexibility index (Phi) is 3.16. The number of ether oxygens (including phenoxy) is 2. The van der Waals surface area contributed by atoms with Gasteiger partial charge in [0.15, 0.2) is 0 Å². The summed E-state index contributed by atoms with van der Waals surface area (Å²) in [6.07, 6.45) is 1.26. The Bertz CT molecular complexity index is 129. The molecular formula is C8H15ClO2. The second-order valence-corrected chi connectivity index (χ2v) is 3.46.